The first kappa shape index (κ1) is 16.8. The summed E-state index contributed by atoms with van der Waals surface area (Å²) in [6.45, 7) is 0.884. The van der Waals surface area contributed by atoms with Gasteiger partial charge in [0.05, 0.1) is 5.52 Å². The second-order valence-electron chi connectivity index (χ2n) is 8.62. The summed E-state index contributed by atoms with van der Waals surface area (Å²) in [7, 11) is 0. The SMILES string of the molecule is O=C(NCCNC(=O)C1C2CC3CC(C2)CC1C3)c1n[nH]c2ccccc12. The van der Waals surface area contributed by atoms with Crippen LogP contribution in [0.1, 0.15) is 42.6 Å². The number of aromatic amines is 1. The lowest BCUT2D eigenvalue weighted by molar-refractivity contribution is -0.138. The lowest BCUT2D eigenvalue weighted by atomic mass is 9.51. The molecule has 4 aliphatic carbocycles. The van der Waals surface area contributed by atoms with E-state index in [1.807, 2.05) is 24.3 Å². The van der Waals surface area contributed by atoms with E-state index in [0.29, 0.717) is 30.6 Å². The van der Waals surface area contributed by atoms with Gasteiger partial charge in [0.25, 0.3) is 5.91 Å². The minimum Gasteiger partial charge on any atom is -0.354 e. The third-order valence-corrected chi connectivity index (χ3v) is 6.92. The molecule has 6 nitrogen and oxygen atoms in total. The smallest absolute Gasteiger partial charge is 0.272 e. The Bertz CT molecular complexity index is 846. The van der Waals surface area contributed by atoms with Gasteiger partial charge in [0.2, 0.25) is 5.91 Å². The molecule has 6 heteroatoms. The maximum absolute atomic E-state index is 12.7. The summed E-state index contributed by atoms with van der Waals surface area (Å²) < 4.78 is 0. The van der Waals surface area contributed by atoms with Crippen molar-refractivity contribution in [1.29, 1.82) is 0 Å². The van der Waals surface area contributed by atoms with Crippen LogP contribution >= 0.6 is 0 Å². The first-order valence-corrected chi connectivity index (χ1v) is 10.2. The number of hydrogen-bond donors (Lipinski definition) is 3. The fourth-order valence-corrected chi connectivity index (χ4v) is 6.05. The van der Waals surface area contributed by atoms with Crippen LogP contribution in [0, 0.1) is 29.6 Å². The number of hydrogen-bond acceptors (Lipinski definition) is 3. The summed E-state index contributed by atoms with van der Waals surface area (Å²) >= 11 is 0. The molecule has 0 saturated heterocycles. The van der Waals surface area contributed by atoms with E-state index in [4.69, 9.17) is 0 Å². The van der Waals surface area contributed by atoms with E-state index in [0.717, 1.165) is 22.7 Å². The van der Waals surface area contributed by atoms with Crippen molar-refractivity contribution in [2.45, 2.75) is 32.1 Å². The van der Waals surface area contributed by atoms with Gasteiger partial charge >= 0.3 is 0 Å². The van der Waals surface area contributed by atoms with Gasteiger partial charge in [0.15, 0.2) is 5.69 Å². The van der Waals surface area contributed by atoms with Gasteiger partial charge in [-0.2, -0.15) is 5.10 Å². The monoisotopic (exact) mass is 366 g/mol. The van der Waals surface area contributed by atoms with Crippen LogP contribution in [0.3, 0.4) is 0 Å². The van der Waals surface area contributed by atoms with Gasteiger partial charge in [-0.15, -0.1) is 0 Å². The van der Waals surface area contributed by atoms with E-state index in [9.17, 15) is 9.59 Å². The molecule has 4 aliphatic rings. The Morgan fingerprint density at radius 1 is 0.963 bits per heavy atom. The molecule has 1 aromatic carbocycles. The van der Waals surface area contributed by atoms with Crippen LogP contribution < -0.4 is 10.6 Å². The highest BCUT2D eigenvalue weighted by atomic mass is 16.2. The van der Waals surface area contributed by atoms with Crippen molar-refractivity contribution in [3.05, 3.63) is 30.0 Å². The Labute approximate surface area is 158 Å². The first-order valence-electron chi connectivity index (χ1n) is 10.2. The highest BCUT2D eigenvalue weighted by Gasteiger charge is 2.50. The summed E-state index contributed by atoms with van der Waals surface area (Å²) in [6.07, 6.45) is 6.37. The van der Waals surface area contributed by atoms with E-state index in [2.05, 4.69) is 20.8 Å². The molecule has 142 valence electrons. The number of H-pyrrole nitrogens is 1. The molecule has 2 amide bonds. The molecule has 0 unspecified atom stereocenters. The number of nitrogens with zero attached hydrogens (tertiary/aromatic N) is 1. The van der Waals surface area contributed by atoms with Crippen molar-refractivity contribution in [2.24, 2.45) is 29.6 Å². The van der Waals surface area contributed by atoms with Crippen LogP contribution in [0.15, 0.2) is 24.3 Å². The van der Waals surface area contributed by atoms with Crippen LogP contribution in [0.5, 0.6) is 0 Å². The van der Waals surface area contributed by atoms with Crippen LogP contribution in [0.25, 0.3) is 10.9 Å². The number of aromatic nitrogens is 2. The predicted molar refractivity (Wildman–Crippen MR) is 102 cm³/mol. The van der Waals surface area contributed by atoms with Crippen molar-refractivity contribution < 1.29 is 9.59 Å². The van der Waals surface area contributed by atoms with Gasteiger partial charge in [-0.1, -0.05) is 18.2 Å². The average Bonchev–Trinajstić information content (AvgIpc) is 3.08. The number of carbonyl (C=O) groups excluding carboxylic acids is 2. The van der Waals surface area contributed by atoms with Crippen molar-refractivity contribution in [1.82, 2.24) is 20.8 Å². The average molecular weight is 366 g/mol. The largest absolute Gasteiger partial charge is 0.354 e. The second kappa shape index (κ2) is 6.66. The molecule has 3 N–H and O–H groups in total. The molecule has 6 rings (SSSR count). The predicted octanol–water partition coefficient (Wildman–Crippen LogP) is 2.48. The zero-order chi connectivity index (χ0) is 18.4. The third-order valence-electron chi connectivity index (χ3n) is 6.92. The Morgan fingerprint density at radius 2 is 1.63 bits per heavy atom. The van der Waals surface area contributed by atoms with E-state index in [-0.39, 0.29) is 17.7 Å². The lowest BCUT2D eigenvalue weighted by Gasteiger charge is -2.53. The van der Waals surface area contributed by atoms with Gasteiger partial charge in [-0.25, -0.2) is 0 Å². The molecule has 1 aromatic heterocycles. The Balaban J connectivity index is 1.13. The fourth-order valence-electron chi connectivity index (χ4n) is 6.05. The maximum Gasteiger partial charge on any atom is 0.272 e. The van der Waals surface area contributed by atoms with E-state index >= 15 is 0 Å². The summed E-state index contributed by atoms with van der Waals surface area (Å²) in [5.41, 5.74) is 1.25. The van der Waals surface area contributed by atoms with E-state index in [1.54, 1.807) is 0 Å². The van der Waals surface area contributed by atoms with Crippen molar-refractivity contribution in [2.75, 3.05) is 13.1 Å². The van der Waals surface area contributed by atoms with Crippen LogP contribution in [-0.2, 0) is 4.79 Å². The van der Waals surface area contributed by atoms with Crippen LogP contribution in [0.4, 0.5) is 0 Å². The van der Waals surface area contributed by atoms with Crippen LogP contribution in [-0.4, -0.2) is 35.1 Å². The third kappa shape index (κ3) is 3.01. The molecule has 0 spiro atoms. The van der Waals surface area contributed by atoms with Gasteiger partial charge in [0.1, 0.15) is 0 Å². The second-order valence-corrected chi connectivity index (χ2v) is 8.62. The molecule has 4 fully saturated rings. The molecular formula is C21H26N4O2. The Kier molecular flexibility index (Phi) is 4.14. The van der Waals surface area contributed by atoms with Crippen molar-refractivity contribution >= 4 is 22.7 Å². The fraction of sp³-hybridized carbons (Fsp3) is 0.571. The Morgan fingerprint density at radius 3 is 2.37 bits per heavy atom. The van der Waals surface area contributed by atoms with Gasteiger partial charge in [-0.05, 0) is 61.8 Å². The number of benzene rings is 1. The minimum absolute atomic E-state index is 0.197. The highest BCUT2D eigenvalue weighted by Crippen LogP contribution is 2.56. The lowest BCUT2D eigenvalue weighted by Crippen LogP contribution is -2.51. The highest BCUT2D eigenvalue weighted by molar-refractivity contribution is 6.04. The normalized spacial score (nSPS) is 31.2. The molecule has 4 saturated carbocycles. The quantitative estimate of drug-likeness (QED) is 0.711. The minimum atomic E-state index is -0.212. The number of amides is 2. The first-order chi connectivity index (χ1) is 13.2. The van der Waals surface area contributed by atoms with E-state index < -0.39 is 0 Å². The summed E-state index contributed by atoms with van der Waals surface area (Å²) in [6, 6.07) is 7.56. The summed E-state index contributed by atoms with van der Waals surface area (Å²) in [5, 5.41) is 13.7. The summed E-state index contributed by atoms with van der Waals surface area (Å²) in [4.78, 5) is 25.1. The van der Waals surface area contributed by atoms with Gasteiger partial charge in [0, 0.05) is 24.4 Å². The Hall–Kier alpha value is -2.37. The molecule has 4 bridgehead atoms. The zero-order valence-electron chi connectivity index (χ0n) is 15.4. The van der Waals surface area contributed by atoms with Gasteiger partial charge in [-0.3, -0.25) is 14.7 Å². The molecule has 0 aliphatic heterocycles. The molecule has 0 atom stereocenters. The van der Waals surface area contributed by atoms with Crippen molar-refractivity contribution in [3.63, 3.8) is 0 Å². The summed E-state index contributed by atoms with van der Waals surface area (Å²) in [5.74, 6) is 3.11. The zero-order valence-corrected chi connectivity index (χ0v) is 15.4. The number of rotatable bonds is 5. The number of para-hydroxylation sites is 1. The van der Waals surface area contributed by atoms with Crippen molar-refractivity contribution in [3.8, 4) is 0 Å². The molecular weight excluding hydrogens is 340 g/mol. The molecule has 0 radical (unpaired) electrons. The number of nitrogens with one attached hydrogen (secondary N) is 3. The number of fused-ring (bicyclic) bond motifs is 1. The topological polar surface area (TPSA) is 86.9 Å². The molecule has 1 heterocycles. The standard InChI is InChI=1S/C21H26N4O2/c26-20(18-14-8-12-7-13(10-14)11-15(18)9-12)22-5-6-23-21(27)19-16-3-1-2-4-17(16)24-25-19/h1-4,12-15,18H,5-11H2,(H,22,26)(H,23,27)(H,24,25). The van der Waals surface area contributed by atoms with Crippen LogP contribution in [0.2, 0.25) is 0 Å². The number of carbonyl (C=O) groups is 2. The maximum atomic E-state index is 12.7. The van der Waals surface area contributed by atoms with Gasteiger partial charge < -0.3 is 10.6 Å². The molecule has 27 heavy (non-hydrogen) atoms. The molecule has 2 aromatic rings. The van der Waals surface area contributed by atoms with E-state index in [1.165, 1.54) is 32.1 Å².